The second-order valence-electron chi connectivity index (χ2n) is 6.95. The van der Waals surface area contributed by atoms with Gasteiger partial charge in [-0.25, -0.2) is 4.98 Å². The van der Waals surface area contributed by atoms with Crippen LogP contribution >= 0.6 is 11.3 Å². The van der Waals surface area contributed by atoms with Gasteiger partial charge in [0.1, 0.15) is 11.6 Å². The third-order valence-corrected chi connectivity index (χ3v) is 5.45. The van der Waals surface area contributed by atoms with Crippen LogP contribution in [0.25, 0.3) is 0 Å². The van der Waals surface area contributed by atoms with Gasteiger partial charge < -0.3 is 10.1 Å². The summed E-state index contributed by atoms with van der Waals surface area (Å²) < 4.78 is 5.35. The number of esters is 1. The molecule has 5 nitrogen and oxygen atoms in total. The van der Waals surface area contributed by atoms with Crippen LogP contribution in [0.15, 0.2) is 60.0 Å². The molecule has 3 rings (SSSR count). The molecule has 0 saturated heterocycles. The summed E-state index contributed by atoms with van der Waals surface area (Å²) in [6.45, 7) is 4.07. The number of hydrogen-bond donors (Lipinski definition) is 1. The van der Waals surface area contributed by atoms with Crippen LogP contribution in [-0.2, 0) is 27.4 Å². The summed E-state index contributed by atoms with van der Waals surface area (Å²) in [5, 5.41) is 5.42. The Bertz CT molecular complexity index is 969. The van der Waals surface area contributed by atoms with Crippen molar-refractivity contribution >= 4 is 28.9 Å². The van der Waals surface area contributed by atoms with Gasteiger partial charge in [0.15, 0.2) is 0 Å². The number of aromatic nitrogens is 1. The van der Waals surface area contributed by atoms with Gasteiger partial charge in [0, 0.05) is 11.1 Å². The van der Waals surface area contributed by atoms with E-state index >= 15 is 0 Å². The Morgan fingerprint density at radius 2 is 1.83 bits per heavy atom. The summed E-state index contributed by atoms with van der Waals surface area (Å²) in [6.07, 6.45) is 0.512. The van der Waals surface area contributed by atoms with Crippen molar-refractivity contribution in [2.75, 3.05) is 5.32 Å². The van der Waals surface area contributed by atoms with Crippen LogP contribution < -0.4 is 5.32 Å². The Hall–Kier alpha value is -2.99. The highest BCUT2D eigenvalue weighted by Crippen LogP contribution is 2.20. The molecule has 0 fully saturated rings. The van der Waals surface area contributed by atoms with Crippen molar-refractivity contribution in [1.82, 2.24) is 4.98 Å². The standard InChI is InChI=1S/C23H24N2O3S/c1-16-8-6-7-11-20(16)25-21(26)13-22-24-19(15-29-22)14-28-23(27)12-17(2)18-9-4-3-5-10-18/h3-11,15,17H,12-14H2,1-2H3,(H,25,26)/t17-/m1/s1. The molecule has 0 aliphatic carbocycles. The lowest BCUT2D eigenvalue weighted by Crippen LogP contribution is -2.15. The van der Waals surface area contributed by atoms with Gasteiger partial charge in [0.2, 0.25) is 5.91 Å². The van der Waals surface area contributed by atoms with Gasteiger partial charge >= 0.3 is 5.97 Å². The average molecular weight is 409 g/mol. The molecule has 1 atom stereocenters. The van der Waals surface area contributed by atoms with Crippen molar-refractivity contribution in [2.24, 2.45) is 0 Å². The van der Waals surface area contributed by atoms with Gasteiger partial charge in [0.05, 0.1) is 18.5 Å². The number of carbonyl (C=O) groups is 2. The predicted molar refractivity (Wildman–Crippen MR) is 115 cm³/mol. The van der Waals surface area contributed by atoms with Crippen LogP contribution in [0.1, 0.15) is 41.1 Å². The molecule has 0 saturated carbocycles. The van der Waals surface area contributed by atoms with Crippen LogP contribution in [0.2, 0.25) is 0 Å². The van der Waals surface area contributed by atoms with Crippen LogP contribution in [0.5, 0.6) is 0 Å². The maximum atomic E-state index is 12.2. The fourth-order valence-corrected chi connectivity index (χ4v) is 3.68. The maximum absolute atomic E-state index is 12.2. The first-order valence-corrected chi connectivity index (χ1v) is 10.4. The van der Waals surface area contributed by atoms with Crippen molar-refractivity contribution in [1.29, 1.82) is 0 Å². The molecule has 1 heterocycles. The maximum Gasteiger partial charge on any atom is 0.306 e. The molecule has 1 amide bonds. The number of nitrogens with one attached hydrogen (secondary N) is 1. The van der Waals surface area contributed by atoms with Crippen molar-refractivity contribution in [2.45, 2.75) is 39.2 Å². The van der Waals surface area contributed by atoms with Crippen LogP contribution in [-0.4, -0.2) is 16.9 Å². The molecule has 2 aromatic carbocycles. The van der Waals surface area contributed by atoms with Gasteiger partial charge in [-0.1, -0.05) is 55.5 Å². The fourth-order valence-electron chi connectivity index (χ4n) is 2.90. The Balaban J connectivity index is 1.45. The topological polar surface area (TPSA) is 68.3 Å². The minimum absolute atomic E-state index is 0.0971. The fraction of sp³-hybridized carbons (Fsp3) is 0.261. The molecule has 0 unspecified atom stereocenters. The summed E-state index contributed by atoms with van der Waals surface area (Å²) in [4.78, 5) is 28.7. The van der Waals surface area contributed by atoms with Crippen molar-refractivity contribution in [3.63, 3.8) is 0 Å². The zero-order valence-electron chi connectivity index (χ0n) is 16.6. The molecule has 0 bridgehead atoms. The summed E-state index contributed by atoms with van der Waals surface area (Å²) in [6, 6.07) is 17.5. The number of hydrogen-bond acceptors (Lipinski definition) is 5. The number of para-hydroxylation sites is 1. The molecule has 29 heavy (non-hydrogen) atoms. The Morgan fingerprint density at radius 1 is 1.10 bits per heavy atom. The molecule has 3 aromatic rings. The normalized spacial score (nSPS) is 11.7. The van der Waals surface area contributed by atoms with E-state index in [1.165, 1.54) is 11.3 Å². The second-order valence-corrected chi connectivity index (χ2v) is 7.89. The molecule has 1 aromatic heterocycles. The molecular formula is C23H24N2O3S. The van der Waals surface area contributed by atoms with E-state index in [0.29, 0.717) is 17.1 Å². The van der Waals surface area contributed by atoms with Crippen molar-refractivity contribution in [3.05, 3.63) is 81.8 Å². The number of benzene rings is 2. The molecule has 1 N–H and O–H groups in total. The van der Waals surface area contributed by atoms with E-state index in [2.05, 4.69) is 10.3 Å². The number of thiazole rings is 1. The van der Waals surface area contributed by atoms with Gasteiger partial charge in [-0.3, -0.25) is 9.59 Å². The molecule has 0 aliphatic heterocycles. The summed E-state index contributed by atoms with van der Waals surface area (Å²) in [5.74, 6) is -0.276. The first kappa shape index (κ1) is 20.7. The van der Waals surface area contributed by atoms with Gasteiger partial charge in [0.25, 0.3) is 0 Å². The molecule has 0 aliphatic rings. The number of ether oxygens (including phenoxy) is 1. The zero-order valence-corrected chi connectivity index (χ0v) is 17.4. The zero-order chi connectivity index (χ0) is 20.6. The monoisotopic (exact) mass is 408 g/mol. The smallest absolute Gasteiger partial charge is 0.306 e. The minimum Gasteiger partial charge on any atom is -0.459 e. The van der Waals surface area contributed by atoms with Gasteiger partial charge in [-0.2, -0.15) is 0 Å². The third-order valence-electron chi connectivity index (χ3n) is 4.55. The van der Waals surface area contributed by atoms with Crippen molar-refractivity contribution in [3.8, 4) is 0 Å². The van der Waals surface area contributed by atoms with Crippen LogP contribution in [0.4, 0.5) is 5.69 Å². The average Bonchev–Trinajstić information content (AvgIpc) is 3.16. The van der Waals surface area contributed by atoms with E-state index in [1.54, 1.807) is 0 Å². The van der Waals surface area contributed by atoms with E-state index in [0.717, 1.165) is 16.8 Å². The minimum atomic E-state index is -0.256. The summed E-state index contributed by atoms with van der Waals surface area (Å²) >= 11 is 1.39. The Morgan fingerprint density at radius 3 is 2.59 bits per heavy atom. The first-order chi connectivity index (χ1) is 14.0. The summed E-state index contributed by atoms with van der Waals surface area (Å²) in [7, 11) is 0. The SMILES string of the molecule is Cc1ccccc1NC(=O)Cc1nc(COC(=O)C[C@@H](C)c2ccccc2)cs1. The lowest BCUT2D eigenvalue weighted by atomic mass is 9.98. The number of carbonyl (C=O) groups excluding carboxylic acids is 2. The van der Waals surface area contributed by atoms with Gasteiger partial charge in [-0.15, -0.1) is 11.3 Å². The molecule has 0 spiro atoms. The lowest BCUT2D eigenvalue weighted by molar-refractivity contribution is -0.145. The number of aryl methyl sites for hydroxylation is 1. The largest absolute Gasteiger partial charge is 0.459 e. The molecule has 6 heteroatoms. The van der Waals surface area contributed by atoms with Crippen LogP contribution in [0, 0.1) is 6.92 Å². The highest BCUT2D eigenvalue weighted by Gasteiger charge is 2.14. The highest BCUT2D eigenvalue weighted by molar-refractivity contribution is 7.09. The summed E-state index contributed by atoms with van der Waals surface area (Å²) in [5.41, 5.74) is 3.59. The van der Waals surface area contributed by atoms with E-state index in [9.17, 15) is 9.59 Å². The molecular weight excluding hydrogens is 384 g/mol. The Labute approximate surface area is 174 Å². The number of anilines is 1. The number of rotatable bonds is 8. The highest BCUT2D eigenvalue weighted by atomic mass is 32.1. The third kappa shape index (κ3) is 6.26. The number of amides is 1. The van der Waals surface area contributed by atoms with Gasteiger partial charge in [-0.05, 0) is 30.0 Å². The Kier molecular flexibility index (Phi) is 7.14. The number of nitrogens with zero attached hydrogens (tertiary/aromatic N) is 1. The van der Waals surface area contributed by atoms with E-state index < -0.39 is 0 Å². The lowest BCUT2D eigenvalue weighted by Gasteiger charge is -2.10. The molecule has 0 radical (unpaired) electrons. The van der Waals surface area contributed by atoms with E-state index in [4.69, 9.17) is 4.74 Å². The first-order valence-electron chi connectivity index (χ1n) is 9.50. The predicted octanol–water partition coefficient (Wildman–Crippen LogP) is 4.87. The quantitative estimate of drug-likeness (QED) is 0.540. The molecule has 150 valence electrons. The van der Waals surface area contributed by atoms with E-state index in [-0.39, 0.29) is 30.8 Å². The van der Waals surface area contributed by atoms with Crippen molar-refractivity contribution < 1.29 is 14.3 Å². The second kappa shape index (κ2) is 9.98. The van der Waals surface area contributed by atoms with E-state index in [1.807, 2.05) is 73.8 Å². The van der Waals surface area contributed by atoms with Crippen LogP contribution in [0.3, 0.4) is 0 Å².